The van der Waals surface area contributed by atoms with Crippen molar-refractivity contribution in [1.82, 2.24) is 9.97 Å². The Hall–Kier alpha value is -1.39. The maximum absolute atomic E-state index is 12.9. The average molecular weight is 170 g/mol. The molecule has 0 aromatic carbocycles. The Morgan fingerprint density at radius 1 is 1.58 bits per heavy atom. The summed E-state index contributed by atoms with van der Waals surface area (Å²) in [6, 6.07) is 0. The molecule has 0 bridgehead atoms. The van der Waals surface area contributed by atoms with Gasteiger partial charge in [-0.2, -0.15) is 4.98 Å². The summed E-state index contributed by atoms with van der Waals surface area (Å²) >= 11 is 0. The molecule has 0 saturated heterocycles. The molecule has 0 amide bonds. The summed E-state index contributed by atoms with van der Waals surface area (Å²) < 4.78 is 12.9. The highest BCUT2D eigenvalue weighted by Crippen LogP contribution is 2.10. The van der Waals surface area contributed by atoms with Gasteiger partial charge in [0.1, 0.15) is 0 Å². The van der Waals surface area contributed by atoms with E-state index in [4.69, 9.17) is 0 Å². The fourth-order valence-electron chi connectivity index (χ4n) is 0.779. The maximum Gasteiger partial charge on any atom is 0.224 e. The zero-order valence-corrected chi connectivity index (χ0v) is 7.06. The molecule has 12 heavy (non-hydrogen) atoms. The van der Waals surface area contributed by atoms with Crippen LogP contribution >= 0.6 is 0 Å². The van der Waals surface area contributed by atoms with Crippen LogP contribution in [-0.2, 0) is 0 Å². The second-order valence-corrected chi connectivity index (χ2v) is 2.17. The molecule has 0 aliphatic carbocycles. The molecule has 0 fully saturated rings. The van der Waals surface area contributed by atoms with E-state index in [1.807, 2.05) is 6.92 Å². The Morgan fingerprint density at radius 3 is 2.92 bits per heavy atom. The number of aromatic nitrogens is 2. The molecule has 4 nitrogen and oxygen atoms in total. The van der Waals surface area contributed by atoms with E-state index in [9.17, 15) is 4.39 Å². The van der Waals surface area contributed by atoms with Crippen LogP contribution in [0.1, 0.15) is 6.92 Å². The molecule has 0 saturated carbocycles. The Balaban J connectivity index is 2.91. The number of rotatable bonds is 3. The number of nitrogens with one attached hydrogen (secondary N) is 2. The molecule has 0 aliphatic rings. The van der Waals surface area contributed by atoms with Crippen molar-refractivity contribution < 1.29 is 4.39 Å². The van der Waals surface area contributed by atoms with Crippen LogP contribution in [-0.4, -0.2) is 23.6 Å². The lowest BCUT2D eigenvalue weighted by molar-refractivity contribution is 0.618. The van der Waals surface area contributed by atoms with Crippen LogP contribution in [0.3, 0.4) is 0 Å². The summed E-state index contributed by atoms with van der Waals surface area (Å²) in [5.41, 5.74) is 0. The van der Waals surface area contributed by atoms with Gasteiger partial charge in [-0.3, -0.25) is 0 Å². The van der Waals surface area contributed by atoms with Crippen LogP contribution in [0.5, 0.6) is 0 Å². The third-order valence-corrected chi connectivity index (χ3v) is 1.31. The predicted octanol–water partition coefficient (Wildman–Crippen LogP) is 1.09. The molecule has 0 spiro atoms. The van der Waals surface area contributed by atoms with Crippen LogP contribution in [0.25, 0.3) is 0 Å². The van der Waals surface area contributed by atoms with Crippen LogP contribution in [0.2, 0.25) is 0 Å². The van der Waals surface area contributed by atoms with Gasteiger partial charge >= 0.3 is 0 Å². The highest BCUT2D eigenvalue weighted by atomic mass is 19.1. The van der Waals surface area contributed by atoms with E-state index in [-0.39, 0.29) is 5.82 Å². The first-order valence-electron chi connectivity index (χ1n) is 3.72. The van der Waals surface area contributed by atoms with E-state index in [0.29, 0.717) is 12.5 Å². The largest absolute Gasteiger partial charge is 0.368 e. The van der Waals surface area contributed by atoms with Crippen molar-refractivity contribution in [1.29, 1.82) is 0 Å². The fraction of sp³-hybridized carbons (Fsp3) is 0.429. The summed E-state index contributed by atoms with van der Waals surface area (Å²) in [7, 11) is 1.68. The molecular formula is C7H11FN4. The highest BCUT2D eigenvalue weighted by Gasteiger charge is 2.03. The quantitative estimate of drug-likeness (QED) is 0.713. The molecule has 0 unspecified atom stereocenters. The monoisotopic (exact) mass is 170 g/mol. The molecule has 0 radical (unpaired) electrons. The smallest absolute Gasteiger partial charge is 0.224 e. The van der Waals surface area contributed by atoms with Crippen molar-refractivity contribution in [3.63, 3.8) is 0 Å². The summed E-state index contributed by atoms with van der Waals surface area (Å²) in [5, 5.41) is 5.51. The molecule has 0 aliphatic heterocycles. The normalized spacial score (nSPS) is 9.58. The summed E-state index contributed by atoms with van der Waals surface area (Å²) in [5.74, 6) is 0.208. The number of hydrogen-bond donors (Lipinski definition) is 2. The van der Waals surface area contributed by atoms with Crippen LogP contribution < -0.4 is 10.6 Å². The van der Waals surface area contributed by atoms with Gasteiger partial charge in [0.2, 0.25) is 5.95 Å². The number of halogens is 1. The Labute approximate surface area is 70.2 Å². The first kappa shape index (κ1) is 8.70. The molecule has 2 N–H and O–H groups in total. The Morgan fingerprint density at radius 2 is 2.33 bits per heavy atom. The van der Waals surface area contributed by atoms with Crippen LogP contribution in [0, 0.1) is 5.82 Å². The van der Waals surface area contributed by atoms with Gasteiger partial charge < -0.3 is 10.6 Å². The molecule has 1 aromatic rings. The van der Waals surface area contributed by atoms with Gasteiger partial charge in [-0.1, -0.05) is 0 Å². The minimum absolute atomic E-state index is 0.233. The third kappa shape index (κ3) is 1.81. The minimum Gasteiger partial charge on any atom is -0.368 e. The lowest BCUT2D eigenvalue weighted by atomic mass is 10.5. The zero-order chi connectivity index (χ0) is 8.97. The van der Waals surface area contributed by atoms with E-state index >= 15 is 0 Å². The zero-order valence-electron chi connectivity index (χ0n) is 7.06. The highest BCUT2D eigenvalue weighted by molar-refractivity contribution is 5.40. The molecule has 66 valence electrons. The number of anilines is 2. The van der Waals surface area contributed by atoms with E-state index < -0.39 is 5.82 Å². The number of hydrogen-bond acceptors (Lipinski definition) is 4. The predicted molar refractivity (Wildman–Crippen MR) is 45.7 cm³/mol. The fourth-order valence-corrected chi connectivity index (χ4v) is 0.779. The van der Waals surface area contributed by atoms with E-state index in [2.05, 4.69) is 20.6 Å². The topological polar surface area (TPSA) is 49.8 Å². The first-order chi connectivity index (χ1) is 5.77. The van der Waals surface area contributed by atoms with Gasteiger partial charge in [0.15, 0.2) is 11.6 Å². The Bertz CT molecular complexity index is 264. The lowest BCUT2D eigenvalue weighted by Crippen LogP contribution is -2.05. The number of nitrogens with zero attached hydrogens (tertiary/aromatic N) is 2. The summed E-state index contributed by atoms with van der Waals surface area (Å²) in [4.78, 5) is 7.57. The van der Waals surface area contributed by atoms with Gasteiger partial charge in [-0.15, -0.1) is 0 Å². The van der Waals surface area contributed by atoms with Crippen molar-refractivity contribution in [2.75, 3.05) is 24.2 Å². The van der Waals surface area contributed by atoms with Crippen molar-refractivity contribution in [2.45, 2.75) is 6.92 Å². The second kappa shape index (κ2) is 3.85. The van der Waals surface area contributed by atoms with E-state index in [1.54, 1.807) is 7.05 Å². The summed E-state index contributed by atoms with van der Waals surface area (Å²) in [6.07, 6.45) is 1.14. The van der Waals surface area contributed by atoms with Gasteiger partial charge in [0.25, 0.3) is 0 Å². The second-order valence-electron chi connectivity index (χ2n) is 2.17. The maximum atomic E-state index is 12.9. The first-order valence-corrected chi connectivity index (χ1v) is 3.72. The van der Waals surface area contributed by atoms with Crippen molar-refractivity contribution in [2.24, 2.45) is 0 Å². The SMILES string of the molecule is CCNc1nc(NC)ncc1F. The molecule has 5 heteroatoms. The molecule has 1 rings (SSSR count). The molecule has 1 heterocycles. The molecular weight excluding hydrogens is 159 g/mol. The van der Waals surface area contributed by atoms with Crippen molar-refractivity contribution >= 4 is 11.8 Å². The lowest BCUT2D eigenvalue weighted by Gasteiger charge is -2.04. The van der Waals surface area contributed by atoms with Gasteiger partial charge in [-0.05, 0) is 6.92 Å². The van der Waals surface area contributed by atoms with Crippen LogP contribution in [0.15, 0.2) is 6.20 Å². The standard InChI is InChI=1S/C7H11FN4/c1-3-10-6-5(8)4-11-7(9-2)12-6/h4H,3H2,1-2H3,(H2,9,10,11,12). The van der Waals surface area contributed by atoms with Gasteiger partial charge in [-0.25, -0.2) is 9.37 Å². The van der Waals surface area contributed by atoms with E-state index in [0.717, 1.165) is 6.20 Å². The van der Waals surface area contributed by atoms with Gasteiger partial charge in [0, 0.05) is 13.6 Å². The molecule has 1 aromatic heterocycles. The average Bonchev–Trinajstić information content (AvgIpc) is 2.09. The minimum atomic E-state index is -0.434. The third-order valence-electron chi connectivity index (χ3n) is 1.31. The van der Waals surface area contributed by atoms with Crippen molar-refractivity contribution in [3.05, 3.63) is 12.0 Å². The summed E-state index contributed by atoms with van der Waals surface area (Å²) in [6.45, 7) is 2.51. The molecule has 0 atom stereocenters. The Kier molecular flexibility index (Phi) is 2.79. The van der Waals surface area contributed by atoms with Crippen molar-refractivity contribution in [3.8, 4) is 0 Å². The van der Waals surface area contributed by atoms with E-state index in [1.165, 1.54) is 0 Å². The van der Waals surface area contributed by atoms with Crippen LogP contribution in [0.4, 0.5) is 16.2 Å². The van der Waals surface area contributed by atoms with Gasteiger partial charge in [0.05, 0.1) is 6.20 Å².